The number of nitrogens with one attached hydrogen (secondary N) is 1. The number of aromatic nitrogens is 2. The molecule has 4 amide bonds. The van der Waals surface area contributed by atoms with Crippen molar-refractivity contribution in [1.29, 1.82) is 0 Å². The molecule has 2 heterocycles. The molecule has 0 atom stereocenters. The molecule has 5 rings (SSSR count). The van der Waals surface area contributed by atoms with Crippen molar-refractivity contribution in [2.24, 2.45) is 0 Å². The van der Waals surface area contributed by atoms with E-state index >= 15 is 0 Å². The molecule has 1 saturated heterocycles. The number of amides is 4. The van der Waals surface area contributed by atoms with Gasteiger partial charge in [-0.3, -0.25) is 19.2 Å². The highest BCUT2D eigenvalue weighted by Crippen LogP contribution is 2.39. The van der Waals surface area contributed by atoms with Crippen molar-refractivity contribution in [3.05, 3.63) is 78.1 Å². The first-order valence-electron chi connectivity index (χ1n) is 12.5. The van der Waals surface area contributed by atoms with E-state index in [4.69, 9.17) is 0 Å². The minimum atomic E-state index is -0.772. The summed E-state index contributed by atoms with van der Waals surface area (Å²) in [6, 6.07) is 17.7. The first-order chi connectivity index (χ1) is 17.5. The predicted molar refractivity (Wildman–Crippen MR) is 136 cm³/mol. The highest BCUT2D eigenvalue weighted by molar-refractivity contribution is 6.08. The van der Waals surface area contributed by atoms with E-state index < -0.39 is 5.54 Å². The van der Waals surface area contributed by atoms with Gasteiger partial charge in [0.2, 0.25) is 5.91 Å². The van der Waals surface area contributed by atoms with Crippen LogP contribution in [0.3, 0.4) is 0 Å². The molecule has 1 aliphatic heterocycles. The van der Waals surface area contributed by atoms with Crippen LogP contribution < -0.4 is 5.32 Å². The number of nitrogens with zero attached hydrogens (tertiary/aromatic N) is 4. The second kappa shape index (κ2) is 9.97. The number of benzene rings is 2. The second-order valence-electron chi connectivity index (χ2n) is 9.66. The maximum Gasteiger partial charge on any atom is 0.327 e. The van der Waals surface area contributed by atoms with Crippen LogP contribution in [-0.4, -0.2) is 56.6 Å². The van der Waals surface area contributed by atoms with Gasteiger partial charge in [-0.05, 0) is 41.2 Å². The SMILES string of the molecule is CN1C(=O)N(CC(=O)NCc2ccccc2-c2ccc(Cn3cccn3)cc2)C(=O)C12CCCCC2. The Kier molecular flexibility index (Phi) is 6.59. The normalized spacial score (nSPS) is 17.1. The van der Waals surface area contributed by atoms with E-state index in [1.54, 1.807) is 18.1 Å². The van der Waals surface area contributed by atoms with Crippen LogP contribution >= 0.6 is 0 Å². The summed E-state index contributed by atoms with van der Waals surface area (Å²) in [5, 5.41) is 7.16. The fraction of sp³-hybridized carbons (Fsp3) is 0.357. The molecule has 1 spiro atoms. The van der Waals surface area contributed by atoms with Gasteiger partial charge in [-0.15, -0.1) is 0 Å². The molecule has 0 radical (unpaired) electrons. The van der Waals surface area contributed by atoms with Gasteiger partial charge in [-0.1, -0.05) is 67.8 Å². The Morgan fingerprint density at radius 2 is 1.75 bits per heavy atom. The third kappa shape index (κ3) is 4.51. The summed E-state index contributed by atoms with van der Waals surface area (Å²) in [5.41, 5.74) is 3.41. The van der Waals surface area contributed by atoms with Gasteiger partial charge in [-0.2, -0.15) is 5.10 Å². The maximum atomic E-state index is 13.2. The summed E-state index contributed by atoms with van der Waals surface area (Å²) in [4.78, 5) is 41.4. The highest BCUT2D eigenvalue weighted by atomic mass is 16.2. The zero-order chi connectivity index (χ0) is 25.1. The minimum absolute atomic E-state index is 0.236. The fourth-order valence-electron chi connectivity index (χ4n) is 5.39. The molecule has 3 aromatic rings. The van der Waals surface area contributed by atoms with E-state index in [1.807, 2.05) is 41.2 Å². The Bertz CT molecular complexity index is 1250. The summed E-state index contributed by atoms with van der Waals surface area (Å²) in [6.45, 7) is 0.755. The predicted octanol–water partition coefficient (Wildman–Crippen LogP) is 3.81. The lowest BCUT2D eigenvalue weighted by molar-refractivity contribution is -0.137. The Balaban J connectivity index is 1.23. The van der Waals surface area contributed by atoms with Crippen molar-refractivity contribution >= 4 is 17.8 Å². The summed E-state index contributed by atoms with van der Waals surface area (Å²) in [7, 11) is 1.68. The topological polar surface area (TPSA) is 87.5 Å². The van der Waals surface area contributed by atoms with E-state index in [9.17, 15) is 14.4 Å². The monoisotopic (exact) mass is 485 g/mol. The first kappa shape index (κ1) is 23.8. The van der Waals surface area contributed by atoms with Crippen LogP contribution in [0.5, 0.6) is 0 Å². The number of imide groups is 1. The van der Waals surface area contributed by atoms with Gasteiger partial charge >= 0.3 is 6.03 Å². The van der Waals surface area contributed by atoms with Crippen LogP contribution in [-0.2, 0) is 22.7 Å². The molecule has 0 unspecified atom stereocenters. The summed E-state index contributed by atoms with van der Waals surface area (Å²) >= 11 is 0. The van der Waals surface area contributed by atoms with E-state index in [1.165, 1.54) is 0 Å². The van der Waals surface area contributed by atoms with Gasteiger partial charge < -0.3 is 10.2 Å². The number of urea groups is 1. The molecule has 2 fully saturated rings. The van der Waals surface area contributed by atoms with Crippen molar-refractivity contribution in [2.45, 2.75) is 50.7 Å². The number of carbonyl (C=O) groups excluding carboxylic acids is 3. The number of rotatable bonds is 7. The quantitative estimate of drug-likeness (QED) is 0.516. The van der Waals surface area contributed by atoms with Gasteiger partial charge in [0.1, 0.15) is 12.1 Å². The zero-order valence-corrected chi connectivity index (χ0v) is 20.5. The van der Waals surface area contributed by atoms with Crippen molar-refractivity contribution in [2.75, 3.05) is 13.6 Å². The van der Waals surface area contributed by atoms with Gasteiger partial charge in [0.05, 0.1) is 6.54 Å². The minimum Gasteiger partial charge on any atom is -0.350 e. The van der Waals surface area contributed by atoms with Crippen molar-refractivity contribution in [3.63, 3.8) is 0 Å². The molecule has 0 bridgehead atoms. The molecule has 2 aromatic carbocycles. The smallest absolute Gasteiger partial charge is 0.327 e. The lowest BCUT2D eigenvalue weighted by Crippen LogP contribution is -2.49. The van der Waals surface area contributed by atoms with E-state index in [-0.39, 0.29) is 24.4 Å². The van der Waals surface area contributed by atoms with Crippen molar-refractivity contribution < 1.29 is 14.4 Å². The highest BCUT2D eigenvalue weighted by Gasteiger charge is 2.55. The molecule has 2 aliphatic rings. The molecule has 1 aromatic heterocycles. The lowest BCUT2D eigenvalue weighted by atomic mass is 9.81. The zero-order valence-electron chi connectivity index (χ0n) is 20.5. The van der Waals surface area contributed by atoms with Crippen LogP contribution in [0.25, 0.3) is 11.1 Å². The molecule has 8 heteroatoms. The molecule has 1 N–H and O–H groups in total. The van der Waals surface area contributed by atoms with E-state index in [0.29, 0.717) is 25.9 Å². The van der Waals surface area contributed by atoms with Crippen LogP contribution in [0.15, 0.2) is 67.0 Å². The number of carbonyl (C=O) groups is 3. The average molecular weight is 486 g/mol. The first-order valence-corrected chi connectivity index (χ1v) is 12.5. The molecule has 1 aliphatic carbocycles. The maximum absolute atomic E-state index is 13.2. The third-order valence-corrected chi connectivity index (χ3v) is 7.45. The van der Waals surface area contributed by atoms with Crippen molar-refractivity contribution in [3.8, 4) is 11.1 Å². The number of hydrogen-bond acceptors (Lipinski definition) is 4. The Labute approximate surface area is 210 Å². The molecule has 1 saturated carbocycles. The molecular weight excluding hydrogens is 454 g/mol. The summed E-state index contributed by atoms with van der Waals surface area (Å²) in [5.74, 6) is -0.581. The van der Waals surface area contributed by atoms with Crippen LogP contribution in [0, 0.1) is 0 Å². The van der Waals surface area contributed by atoms with E-state index in [2.05, 4.69) is 34.7 Å². The Morgan fingerprint density at radius 1 is 1.00 bits per heavy atom. The van der Waals surface area contributed by atoms with Crippen LogP contribution in [0.2, 0.25) is 0 Å². The van der Waals surface area contributed by atoms with E-state index in [0.717, 1.165) is 46.4 Å². The van der Waals surface area contributed by atoms with Gasteiger partial charge in [0.15, 0.2) is 0 Å². The van der Waals surface area contributed by atoms with Gasteiger partial charge in [0, 0.05) is 26.0 Å². The fourth-order valence-corrected chi connectivity index (χ4v) is 5.39. The van der Waals surface area contributed by atoms with Gasteiger partial charge in [0.25, 0.3) is 5.91 Å². The van der Waals surface area contributed by atoms with Crippen LogP contribution in [0.1, 0.15) is 43.2 Å². The summed E-state index contributed by atoms with van der Waals surface area (Å²) < 4.78 is 1.88. The average Bonchev–Trinajstić information content (AvgIpc) is 3.48. The largest absolute Gasteiger partial charge is 0.350 e. The molecular formula is C28H31N5O3. The molecule has 36 heavy (non-hydrogen) atoms. The lowest BCUT2D eigenvalue weighted by Gasteiger charge is -2.35. The second-order valence-corrected chi connectivity index (χ2v) is 9.66. The standard InChI is InChI=1S/C28H31N5O3/c1-31-27(36)33(26(35)28(31)14-5-2-6-15-28)20-25(34)29-18-23-8-3-4-9-24(23)22-12-10-21(11-13-22)19-32-17-7-16-30-32/h3-4,7-13,16-17H,2,5-6,14-15,18-20H2,1H3,(H,29,34). The third-order valence-electron chi connectivity index (χ3n) is 7.45. The number of hydrogen-bond donors (Lipinski definition) is 1. The number of likely N-dealkylation sites (N-methyl/N-ethyl adjacent to an activating group) is 1. The van der Waals surface area contributed by atoms with Gasteiger partial charge in [-0.25, -0.2) is 4.79 Å². The molecule has 8 nitrogen and oxygen atoms in total. The summed E-state index contributed by atoms with van der Waals surface area (Å²) in [6.07, 6.45) is 7.95. The van der Waals surface area contributed by atoms with Crippen LogP contribution in [0.4, 0.5) is 4.79 Å². The van der Waals surface area contributed by atoms with Crippen molar-refractivity contribution in [1.82, 2.24) is 24.9 Å². The Morgan fingerprint density at radius 3 is 2.47 bits per heavy atom. The Hall–Kier alpha value is -3.94. The molecule has 186 valence electrons.